The molecule has 1 aliphatic heterocycles. The lowest BCUT2D eigenvalue weighted by molar-refractivity contribution is 0.129. The van der Waals surface area contributed by atoms with Crippen molar-refractivity contribution in [3.63, 3.8) is 0 Å². The number of nitrogens with zero attached hydrogens (tertiary/aromatic N) is 6. The van der Waals surface area contributed by atoms with Gasteiger partial charge in [0.15, 0.2) is 5.82 Å². The molecule has 1 aliphatic carbocycles. The average Bonchev–Trinajstić information content (AvgIpc) is 3.07. The Labute approximate surface area is 136 Å². The van der Waals surface area contributed by atoms with E-state index >= 15 is 0 Å². The van der Waals surface area contributed by atoms with E-state index in [0.29, 0.717) is 5.92 Å². The fourth-order valence-electron chi connectivity index (χ4n) is 3.70. The molecule has 2 aliphatic rings. The maximum Gasteiger partial charge on any atom is 0.167 e. The molecule has 4 rings (SSSR count). The number of hydrogen-bond acceptors (Lipinski definition) is 5. The number of H-pyrrole nitrogens is 1. The van der Waals surface area contributed by atoms with Crippen LogP contribution in [0.15, 0.2) is 0 Å². The maximum atomic E-state index is 4.55. The van der Waals surface area contributed by atoms with Crippen LogP contribution in [0.4, 0.5) is 0 Å². The highest BCUT2D eigenvalue weighted by Crippen LogP contribution is 2.35. The van der Waals surface area contributed by atoms with E-state index < -0.39 is 0 Å². The lowest BCUT2D eigenvalue weighted by Gasteiger charge is -2.33. The van der Waals surface area contributed by atoms with Crippen LogP contribution in [0.1, 0.15) is 73.8 Å². The SMILES string of the molecule is Cc1nc([C@H]2CCCCN2Cc2nnc(C3CCC3)n2C)n[nH]1. The van der Waals surface area contributed by atoms with Crippen molar-refractivity contribution in [1.82, 2.24) is 34.8 Å². The second-order valence-corrected chi connectivity index (χ2v) is 6.92. The molecule has 7 nitrogen and oxygen atoms in total. The van der Waals surface area contributed by atoms with Crippen LogP contribution in [-0.4, -0.2) is 41.4 Å². The zero-order valence-electron chi connectivity index (χ0n) is 14.0. The van der Waals surface area contributed by atoms with Crippen molar-refractivity contribution >= 4 is 0 Å². The Bertz CT molecular complexity index is 670. The Morgan fingerprint density at radius 3 is 2.70 bits per heavy atom. The first-order valence-electron chi connectivity index (χ1n) is 8.73. The van der Waals surface area contributed by atoms with Gasteiger partial charge in [0.05, 0.1) is 12.6 Å². The number of piperidine rings is 1. The van der Waals surface area contributed by atoms with Gasteiger partial charge in [-0.15, -0.1) is 10.2 Å². The molecule has 1 saturated heterocycles. The van der Waals surface area contributed by atoms with Gasteiger partial charge in [0.1, 0.15) is 17.5 Å². The lowest BCUT2D eigenvalue weighted by Crippen LogP contribution is -2.34. The van der Waals surface area contributed by atoms with E-state index in [9.17, 15) is 0 Å². The molecule has 0 amide bonds. The molecule has 1 saturated carbocycles. The fraction of sp³-hybridized carbons (Fsp3) is 0.750. The van der Waals surface area contributed by atoms with Crippen molar-refractivity contribution < 1.29 is 0 Å². The van der Waals surface area contributed by atoms with Gasteiger partial charge >= 0.3 is 0 Å². The first-order valence-corrected chi connectivity index (χ1v) is 8.73. The molecule has 1 atom stereocenters. The number of likely N-dealkylation sites (tertiary alicyclic amines) is 1. The highest BCUT2D eigenvalue weighted by Gasteiger charge is 2.30. The third-order valence-corrected chi connectivity index (χ3v) is 5.34. The molecule has 0 bridgehead atoms. The van der Waals surface area contributed by atoms with Crippen LogP contribution in [0.5, 0.6) is 0 Å². The van der Waals surface area contributed by atoms with Crippen LogP contribution in [0.2, 0.25) is 0 Å². The zero-order valence-corrected chi connectivity index (χ0v) is 14.0. The third-order valence-electron chi connectivity index (χ3n) is 5.34. The highest BCUT2D eigenvalue weighted by molar-refractivity contribution is 5.06. The van der Waals surface area contributed by atoms with E-state index in [1.807, 2.05) is 6.92 Å². The number of hydrogen-bond donors (Lipinski definition) is 1. The molecule has 0 aromatic carbocycles. The fourth-order valence-corrected chi connectivity index (χ4v) is 3.70. The van der Waals surface area contributed by atoms with Gasteiger partial charge in [0.25, 0.3) is 0 Å². The first-order chi connectivity index (χ1) is 11.2. The Morgan fingerprint density at radius 2 is 2.00 bits per heavy atom. The largest absolute Gasteiger partial charge is 0.317 e. The third kappa shape index (κ3) is 2.78. The number of rotatable bonds is 4. The summed E-state index contributed by atoms with van der Waals surface area (Å²) in [5.41, 5.74) is 0. The average molecular weight is 315 g/mol. The summed E-state index contributed by atoms with van der Waals surface area (Å²) in [6, 6.07) is 0.289. The standard InChI is InChI=1S/C16H25N7/c1-11-17-15(20-18-11)13-8-3-4-9-23(13)10-14-19-21-16(22(14)2)12-6-5-7-12/h12-13H,3-10H2,1-2H3,(H,17,18,20)/t13-/m1/s1. The molecule has 1 N–H and O–H groups in total. The minimum Gasteiger partial charge on any atom is -0.317 e. The van der Waals surface area contributed by atoms with E-state index in [-0.39, 0.29) is 6.04 Å². The summed E-state index contributed by atoms with van der Waals surface area (Å²) in [5.74, 6) is 4.65. The Morgan fingerprint density at radius 1 is 1.13 bits per heavy atom. The quantitative estimate of drug-likeness (QED) is 0.936. The van der Waals surface area contributed by atoms with E-state index in [0.717, 1.165) is 42.8 Å². The maximum absolute atomic E-state index is 4.55. The molecular formula is C16H25N7. The van der Waals surface area contributed by atoms with Gasteiger partial charge in [0, 0.05) is 13.0 Å². The molecule has 23 heavy (non-hydrogen) atoms. The molecule has 0 unspecified atom stereocenters. The van der Waals surface area contributed by atoms with Gasteiger partial charge in [0.2, 0.25) is 0 Å². The molecule has 3 heterocycles. The van der Waals surface area contributed by atoms with E-state index in [2.05, 4.69) is 41.9 Å². The van der Waals surface area contributed by atoms with Crippen LogP contribution in [0.25, 0.3) is 0 Å². The molecule has 7 heteroatoms. The van der Waals surface area contributed by atoms with Crippen molar-refractivity contribution in [3.8, 4) is 0 Å². The van der Waals surface area contributed by atoms with Crippen molar-refractivity contribution in [2.75, 3.05) is 6.54 Å². The molecule has 0 radical (unpaired) electrons. The zero-order chi connectivity index (χ0) is 15.8. The topological polar surface area (TPSA) is 75.5 Å². The minimum absolute atomic E-state index is 0.289. The van der Waals surface area contributed by atoms with Gasteiger partial charge in [-0.05, 0) is 39.2 Å². The molecule has 2 fully saturated rings. The van der Waals surface area contributed by atoms with Gasteiger partial charge in [-0.1, -0.05) is 12.8 Å². The smallest absolute Gasteiger partial charge is 0.167 e. The molecule has 124 valence electrons. The Kier molecular flexibility index (Phi) is 3.88. The van der Waals surface area contributed by atoms with Crippen LogP contribution in [-0.2, 0) is 13.6 Å². The van der Waals surface area contributed by atoms with Gasteiger partial charge in [-0.3, -0.25) is 10.00 Å². The lowest BCUT2D eigenvalue weighted by atomic mass is 9.85. The molecule has 0 spiro atoms. The van der Waals surface area contributed by atoms with E-state index in [1.54, 1.807) is 0 Å². The van der Waals surface area contributed by atoms with Crippen molar-refractivity contribution in [2.24, 2.45) is 7.05 Å². The summed E-state index contributed by atoms with van der Waals surface area (Å²) in [4.78, 5) is 7.01. The van der Waals surface area contributed by atoms with E-state index in [1.165, 1.54) is 32.1 Å². The summed E-state index contributed by atoms with van der Waals surface area (Å²) in [6.45, 7) is 3.86. The summed E-state index contributed by atoms with van der Waals surface area (Å²) in [7, 11) is 2.11. The Hall–Kier alpha value is -1.76. The summed E-state index contributed by atoms with van der Waals surface area (Å²) >= 11 is 0. The monoisotopic (exact) mass is 315 g/mol. The second kappa shape index (κ2) is 6.03. The highest BCUT2D eigenvalue weighted by atomic mass is 15.3. The molecular weight excluding hydrogens is 290 g/mol. The number of nitrogens with one attached hydrogen (secondary N) is 1. The van der Waals surface area contributed by atoms with Crippen LogP contribution >= 0.6 is 0 Å². The number of aromatic nitrogens is 6. The van der Waals surface area contributed by atoms with E-state index in [4.69, 9.17) is 0 Å². The second-order valence-electron chi connectivity index (χ2n) is 6.92. The summed E-state index contributed by atoms with van der Waals surface area (Å²) < 4.78 is 2.21. The van der Waals surface area contributed by atoms with Gasteiger partial charge in [-0.2, -0.15) is 5.10 Å². The number of aromatic amines is 1. The molecule has 2 aromatic heterocycles. The molecule has 2 aromatic rings. The van der Waals surface area contributed by atoms with Crippen LogP contribution in [0.3, 0.4) is 0 Å². The van der Waals surface area contributed by atoms with Crippen LogP contribution < -0.4 is 0 Å². The number of aryl methyl sites for hydroxylation is 1. The van der Waals surface area contributed by atoms with Crippen molar-refractivity contribution in [3.05, 3.63) is 23.3 Å². The van der Waals surface area contributed by atoms with Crippen LogP contribution in [0, 0.1) is 6.92 Å². The summed E-state index contributed by atoms with van der Waals surface area (Å²) in [6.07, 6.45) is 7.42. The normalized spacial score (nSPS) is 23.1. The minimum atomic E-state index is 0.289. The van der Waals surface area contributed by atoms with Gasteiger partial charge in [-0.25, -0.2) is 4.98 Å². The first kappa shape index (κ1) is 14.8. The summed E-state index contributed by atoms with van der Waals surface area (Å²) in [5, 5.41) is 16.3. The Balaban J connectivity index is 1.53. The van der Waals surface area contributed by atoms with Crippen molar-refractivity contribution in [1.29, 1.82) is 0 Å². The predicted octanol–water partition coefficient (Wildman–Crippen LogP) is 2.24. The van der Waals surface area contributed by atoms with Crippen molar-refractivity contribution in [2.45, 2.75) is 64.0 Å². The van der Waals surface area contributed by atoms with Gasteiger partial charge < -0.3 is 4.57 Å². The predicted molar refractivity (Wildman–Crippen MR) is 85.7 cm³/mol.